The van der Waals surface area contributed by atoms with Gasteiger partial charge in [0.2, 0.25) is 0 Å². The van der Waals surface area contributed by atoms with Crippen LogP contribution in [0.3, 0.4) is 0 Å². The molecule has 0 radical (unpaired) electrons. The number of sulfone groups is 1. The van der Waals surface area contributed by atoms with Crippen LogP contribution in [-0.2, 0) is 22.9 Å². The van der Waals surface area contributed by atoms with Crippen LogP contribution in [0.4, 0.5) is 0 Å². The Morgan fingerprint density at radius 1 is 1.47 bits per heavy atom. The van der Waals surface area contributed by atoms with Crippen molar-refractivity contribution in [2.45, 2.75) is 39.9 Å². The monoisotopic (exact) mass is 260 g/mol. The Kier molecular flexibility index (Phi) is 5.07. The van der Waals surface area contributed by atoms with Gasteiger partial charge in [0.05, 0.1) is 18.8 Å². The Morgan fingerprint density at radius 3 is 2.76 bits per heavy atom. The summed E-state index contributed by atoms with van der Waals surface area (Å²) in [5.41, 5.74) is 0. The summed E-state index contributed by atoms with van der Waals surface area (Å²) in [7, 11) is -2.95. The number of aryl methyl sites for hydroxylation is 1. The smallest absolute Gasteiger partial charge is 0.151 e. The third kappa shape index (κ3) is 4.82. The molecule has 0 saturated carbocycles. The van der Waals surface area contributed by atoms with Gasteiger partial charge in [0.15, 0.2) is 9.84 Å². The summed E-state index contributed by atoms with van der Waals surface area (Å²) in [5.74, 6) is 1.05. The van der Waals surface area contributed by atoms with E-state index in [4.69, 9.17) is 0 Å². The van der Waals surface area contributed by atoms with Gasteiger partial charge in [0.25, 0.3) is 0 Å². The Bertz CT molecular complexity index is 439. The number of nitrogens with zero attached hydrogens (tertiary/aromatic N) is 3. The van der Waals surface area contributed by atoms with Crippen LogP contribution >= 0.6 is 0 Å². The lowest BCUT2D eigenvalue weighted by atomic mass is 10.4. The maximum Gasteiger partial charge on any atom is 0.151 e. The Labute approximate surface area is 102 Å². The predicted octanol–water partition coefficient (Wildman–Crippen LogP) is 0.211. The summed E-state index contributed by atoms with van der Waals surface area (Å²) in [4.78, 5) is 4.11. The molecule has 1 N–H and O–H groups in total. The van der Waals surface area contributed by atoms with E-state index >= 15 is 0 Å². The highest BCUT2D eigenvalue weighted by Gasteiger charge is 2.10. The second-order valence-corrected chi connectivity index (χ2v) is 6.64. The molecule has 1 heterocycles. The third-order valence-electron chi connectivity index (χ3n) is 2.42. The Balaban J connectivity index is 2.57. The van der Waals surface area contributed by atoms with Gasteiger partial charge in [0.1, 0.15) is 12.2 Å². The molecule has 0 aliphatic rings. The average molecular weight is 260 g/mol. The molecule has 0 fully saturated rings. The van der Waals surface area contributed by atoms with Crippen molar-refractivity contribution in [3.63, 3.8) is 0 Å². The van der Waals surface area contributed by atoms with Crippen LogP contribution in [0.15, 0.2) is 6.33 Å². The van der Waals surface area contributed by atoms with E-state index in [1.807, 2.05) is 13.8 Å². The van der Waals surface area contributed by atoms with E-state index in [1.165, 1.54) is 6.33 Å². The van der Waals surface area contributed by atoms with E-state index in [9.17, 15) is 8.42 Å². The van der Waals surface area contributed by atoms with E-state index in [-0.39, 0.29) is 11.5 Å². The minimum absolute atomic E-state index is 0.113. The van der Waals surface area contributed by atoms with Crippen molar-refractivity contribution in [3.05, 3.63) is 12.2 Å². The third-order valence-corrected chi connectivity index (χ3v) is 4.10. The maximum atomic E-state index is 11.4. The molecule has 1 rings (SSSR count). The zero-order chi connectivity index (χ0) is 12.9. The van der Waals surface area contributed by atoms with Crippen LogP contribution in [0.1, 0.15) is 26.6 Å². The largest absolute Gasteiger partial charge is 0.308 e. The first kappa shape index (κ1) is 14.1. The van der Waals surface area contributed by atoms with E-state index in [2.05, 4.69) is 15.4 Å². The Morgan fingerprint density at radius 2 is 2.18 bits per heavy atom. The molecular formula is C10H20N4O2S. The lowest BCUT2D eigenvalue weighted by molar-refractivity contribution is 0.528. The van der Waals surface area contributed by atoms with Gasteiger partial charge < -0.3 is 5.32 Å². The number of hydrogen-bond acceptors (Lipinski definition) is 5. The SMILES string of the molecule is CCS(=O)(=O)CCn1ncnc1CNC(C)C. The molecule has 1 aromatic heterocycles. The summed E-state index contributed by atoms with van der Waals surface area (Å²) in [6, 6.07) is 0.361. The zero-order valence-corrected chi connectivity index (χ0v) is 11.4. The van der Waals surface area contributed by atoms with E-state index in [1.54, 1.807) is 11.6 Å². The van der Waals surface area contributed by atoms with Gasteiger partial charge >= 0.3 is 0 Å². The molecule has 6 nitrogen and oxygen atoms in total. The molecule has 7 heteroatoms. The molecule has 0 aromatic carbocycles. The summed E-state index contributed by atoms with van der Waals surface area (Å²) in [5, 5.41) is 7.26. The van der Waals surface area contributed by atoms with Crippen molar-refractivity contribution in [2.75, 3.05) is 11.5 Å². The second kappa shape index (κ2) is 6.11. The number of aromatic nitrogens is 3. The van der Waals surface area contributed by atoms with Crippen molar-refractivity contribution in [1.82, 2.24) is 20.1 Å². The highest BCUT2D eigenvalue weighted by molar-refractivity contribution is 7.91. The number of nitrogens with one attached hydrogen (secondary N) is 1. The number of hydrogen-bond donors (Lipinski definition) is 1. The van der Waals surface area contributed by atoms with Crippen LogP contribution in [0.2, 0.25) is 0 Å². The lowest BCUT2D eigenvalue weighted by Gasteiger charge is -2.09. The molecule has 1 aromatic rings. The molecule has 0 bridgehead atoms. The molecule has 17 heavy (non-hydrogen) atoms. The van der Waals surface area contributed by atoms with Gasteiger partial charge in [-0.25, -0.2) is 18.1 Å². The average Bonchev–Trinajstić information content (AvgIpc) is 2.71. The van der Waals surface area contributed by atoms with Gasteiger partial charge in [-0.2, -0.15) is 5.10 Å². The predicted molar refractivity (Wildman–Crippen MR) is 66.3 cm³/mol. The molecule has 0 saturated heterocycles. The fourth-order valence-corrected chi connectivity index (χ4v) is 2.02. The lowest BCUT2D eigenvalue weighted by Crippen LogP contribution is -2.25. The molecule has 0 atom stereocenters. The van der Waals surface area contributed by atoms with E-state index < -0.39 is 9.84 Å². The molecule has 0 spiro atoms. The Hall–Kier alpha value is -0.950. The zero-order valence-electron chi connectivity index (χ0n) is 10.5. The van der Waals surface area contributed by atoms with Crippen LogP contribution in [0.25, 0.3) is 0 Å². The summed E-state index contributed by atoms with van der Waals surface area (Å²) >= 11 is 0. The molecule has 0 unspecified atom stereocenters. The minimum Gasteiger partial charge on any atom is -0.308 e. The summed E-state index contributed by atoms with van der Waals surface area (Å²) < 4.78 is 24.4. The molecule has 0 aliphatic heterocycles. The van der Waals surface area contributed by atoms with Crippen molar-refractivity contribution >= 4 is 9.84 Å². The minimum atomic E-state index is -2.95. The van der Waals surface area contributed by atoms with Gasteiger partial charge in [-0.15, -0.1) is 0 Å². The van der Waals surface area contributed by atoms with Crippen LogP contribution in [-0.4, -0.2) is 40.7 Å². The van der Waals surface area contributed by atoms with Gasteiger partial charge in [-0.05, 0) is 0 Å². The van der Waals surface area contributed by atoms with Crippen molar-refractivity contribution in [3.8, 4) is 0 Å². The fraction of sp³-hybridized carbons (Fsp3) is 0.800. The van der Waals surface area contributed by atoms with E-state index in [0.717, 1.165) is 5.82 Å². The van der Waals surface area contributed by atoms with Crippen LogP contribution in [0, 0.1) is 0 Å². The van der Waals surface area contributed by atoms with Crippen molar-refractivity contribution < 1.29 is 8.42 Å². The normalized spacial score (nSPS) is 12.2. The van der Waals surface area contributed by atoms with E-state index in [0.29, 0.717) is 19.1 Å². The van der Waals surface area contributed by atoms with Crippen molar-refractivity contribution in [2.24, 2.45) is 0 Å². The van der Waals surface area contributed by atoms with Crippen LogP contribution < -0.4 is 5.32 Å². The van der Waals surface area contributed by atoms with Gasteiger partial charge in [0, 0.05) is 11.8 Å². The fourth-order valence-electron chi connectivity index (χ4n) is 1.28. The standard InChI is InChI=1S/C10H20N4O2S/c1-4-17(15,16)6-5-14-10(12-8-13-14)7-11-9(2)3/h8-9,11H,4-7H2,1-3H3. The maximum absolute atomic E-state index is 11.4. The second-order valence-electron chi connectivity index (χ2n) is 4.17. The topological polar surface area (TPSA) is 76.9 Å². The molecular weight excluding hydrogens is 240 g/mol. The van der Waals surface area contributed by atoms with Gasteiger partial charge in [-0.1, -0.05) is 20.8 Å². The van der Waals surface area contributed by atoms with Crippen molar-refractivity contribution in [1.29, 1.82) is 0 Å². The first-order valence-corrected chi connectivity index (χ1v) is 7.57. The van der Waals surface area contributed by atoms with Crippen LogP contribution in [0.5, 0.6) is 0 Å². The summed E-state index contributed by atoms with van der Waals surface area (Å²) in [6.45, 7) is 6.71. The highest BCUT2D eigenvalue weighted by Crippen LogP contribution is 1.98. The molecule has 0 aliphatic carbocycles. The quantitative estimate of drug-likeness (QED) is 0.758. The first-order valence-electron chi connectivity index (χ1n) is 5.75. The highest BCUT2D eigenvalue weighted by atomic mass is 32.2. The summed E-state index contributed by atoms with van der Waals surface area (Å²) in [6.07, 6.45) is 1.45. The number of rotatable bonds is 7. The molecule has 0 amide bonds. The first-order chi connectivity index (χ1) is 7.94. The molecule has 98 valence electrons. The van der Waals surface area contributed by atoms with Gasteiger partial charge in [-0.3, -0.25) is 0 Å².